The molecule has 1 unspecified atom stereocenters. The van der Waals surface area contributed by atoms with Crippen LogP contribution in [0.5, 0.6) is 0 Å². The van der Waals surface area contributed by atoms with E-state index in [1.807, 2.05) is 0 Å². The molecule has 0 saturated heterocycles. The van der Waals surface area contributed by atoms with E-state index in [1.165, 1.54) is 0 Å². The summed E-state index contributed by atoms with van der Waals surface area (Å²) in [6, 6.07) is 0. The molecule has 0 aliphatic heterocycles. The van der Waals surface area contributed by atoms with Crippen molar-refractivity contribution in [2.45, 2.75) is 11.9 Å². The van der Waals surface area contributed by atoms with Crippen LogP contribution in [0.1, 0.15) is 0 Å². The molecule has 0 saturated carbocycles. The SMILES string of the molecule is O=C(O)C(OF)C(OF)(OF)C(=O)O. The first kappa shape index (κ1) is 12.6. The summed E-state index contributed by atoms with van der Waals surface area (Å²) < 4.78 is 34.7. The van der Waals surface area contributed by atoms with Gasteiger partial charge in [0.15, 0.2) is 0 Å². The third kappa shape index (κ3) is 1.92. The van der Waals surface area contributed by atoms with Gasteiger partial charge >= 0.3 is 17.7 Å². The molecule has 82 valence electrons. The number of aliphatic carboxylic acids is 2. The van der Waals surface area contributed by atoms with Crippen molar-refractivity contribution in [2.75, 3.05) is 0 Å². The summed E-state index contributed by atoms with van der Waals surface area (Å²) in [5, 5.41) is 16.2. The quantitative estimate of drug-likeness (QED) is 0.603. The Hall–Kier alpha value is -1.39. The second-order valence-electron chi connectivity index (χ2n) is 1.93. The zero-order valence-corrected chi connectivity index (χ0v) is 6.15. The molecule has 0 aromatic carbocycles. The van der Waals surface area contributed by atoms with Crippen LogP contribution in [0, 0.1) is 0 Å². The van der Waals surface area contributed by atoms with Crippen molar-refractivity contribution in [3.05, 3.63) is 0 Å². The van der Waals surface area contributed by atoms with Gasteiger partial charge in [0.05, 0.1) is 0 Å². The summed E-state index contributed by atoms with van der Waals surface area (Å²) in [7, 11) is 0. The first-order chi connectivity index (χ1) is 6.46. The molecule has 0 aliphatic carbocycles. The Balaban J connectivity index is 5.13. The van der Waals surface area contributed by atoms with Crippen molar-refractivity contribution in [2.24, 2.45) is 0 Å². The maximum absolute atomic E-state index is 11.6. The minimum absolute atomic E-state index is 2.34. The lowest BCUT2D eigenvalue weighted by molar-refractivity contribution is -0.433. The summed E-state index contributed by atoms with van der Waals surface area (Å²) in [5.41, 5.74) is 0. The smallest absolute Gasteiger partial charge is 0.378 e. The summed E-state index contributed by atoms with van der Waals surface area (Å²) >= 11 is 0. The van der Waals surface area contributed by atoms with Gasteiger partial charge in [0.1, 0.15) is 0 Å². The van der Waals surface area contributed by atoms with Gasteiger partial charge in [-0.1, -0.05) is 0 Å². The Labute approximate surface area is 73.3 Å². The van der Waals surface area contributed by atoms with E-state index in [2.05, 4.69) is 14.8 Å². The molecule has 0 spiro atoms. The molecule has 0 aromatic rings. The van der Waals surface area contributed by atoms with E-state index < -0.39 is 23.8 Å². The molecule has 0 bridgehead atoms. The van der Waals surface area contributed by atoms with Gasteiger partial charge < -0.3 is 10.2 Å². The zero-order valence-electron chi connectivity index (χ0n) is 6.15. The van der Waals surface area contributed by atoms with Crippen LogP contribution in [0.25, 0.3) is 0 Å². The van der Waals surface area contributed by atoms with Crippen LogP contribution >= 0.6 is 0 Å². The van der Waals surface area contributed by atoms with E-state index in [1.54, 1.807) is 0 Å². The zero-order chi connectivity index (χ0) is 11.4. The fourth-order valence-corrected chi connectivity index (χ4v) is 0.530. The maximum atomic E-state index is 11.6. The molecule has 1 atom stereocenters. The summed E-state index contributed by atoms with van der Waals surface area (Å²) in [6.07, 6.45) is -3.16. The van der Waals surface area contributed by atoms with Crippen molar-refractivity contribution in [3.8, 4) is 0 Å². The van der Waals surface area contributed by atoms with Gasteiger partial charge in [-0.2, -0.15) is 4.94 Å². The molecule has 14 heavy (non-hydrogen) atoms. The van der Waals surface area contributed by atoms with E-state index in [0.29, 0.717) is 0 Å². The minimum atomic E-state index is -4.04. The van der Waals surface area contributed by atoms with Crippen LogP contribution < -0.4 is 0 Å². The molecule has 0 aliphatic rings. The first-order valence-electron chi connectivity index (χ1n) is 2.79. The summed E-state index contributed by atoms with van der Waals surface area (Å²) in [6.45, 7) is 0. The van der Waals surface area contributed by atoms with Crippen LogP contribution in [0.4, 0.5) is 13.6 Å². The number of carboxylic acid groups (broad SMARTS) is 2. The van der Waals surface area contributed by atoms with Crippen molar-refractivity contribution < 1.29 is 48.2 Å². The third-order valence-electron chi connectivity index (χ3n) is 1.19. The highest BCUT2D eigenvalue weighted by Gasteiger charge is 2.59. The van der Waals surface area contributed by atoms with Crippen molar-refractivity contribution in [1.82, 2.24) is 0 Å². The van der Waals surface area contributed by atoms with Crippen molar-refractivity contribution in [1.29, 1.82) is 0 Å². The second kappa shape index (κ2) is 4.74. The molecule has 2 N–H and O–H groups in total. The Morgan fingerprint density at radius 1 is 1.14 bits per heavy atom. The van der Waals surface area contributed by atoms with Gasteiger partial charge in [-0.3, -0.25) is 0 Å². The van der Waals surface area contributed by atoms with Crippen LogP contribution in [0.3, 0.4) is 0 Å². The lowest BCUT2D eigenvalue weighted by atomic mass is 10.1. The monoisotopic (exact) mass is 220 g/mol. The predicted molar refractivity (Wildman–Crippen MR) is 28.4 cm³/mol. The highest BCUT2D eigenvalue weighted by molar-refractivity contribution is 5.86. The average Bonchev–Trinajstić information content (AvgIpc) is 2.12. The standard InChI is InChI=1S/C4H3F3O7/c5-12-1(2(8)9)4(13-6,14-7)3(10)11/h1H,(H,8,9)(H,10,11). The summed E-state index contributed by atoms with van der Waals surface area (Å²) in [5.74, 6) is -8.95. The molecule has 10 heteroatoms. The largest absolute Gasteiger partial charge is 0.479 e. The number of halogens is 3. The number of hydrogen-bond donors (Lipinski definition) is 2. The number of rotatable bonds is 6. The summed E-state index contributed by atoms with van der Waals surface area (Å²) in [4.78, 5) is 27.6. The number of carbonyl (C=O) groups is 2. The number of carboxylic acids is 2. The fourth-order valence-electron chi connectivity index (χ4n) is 0.530. The normalized spacial score (nSPS) is 13.6. The molecule has 7 nitrogen and oxygen atoms in total. The lowest BCUT2D eigenvalue weighted by Crippen LogP contribution is -2.55. The lowest BCUT2D eigenvalue weighted by Gasteiger charge is -2.21. The van der Waals surface area contributed by atoms with Crippen LogP contribution in [0.2, 0.25) is 0 Å². The van der Waals surface area contributed by atoms with E-state index in [0.717, 1.165) is 0 Å². The first-order valence-corrected chi connectivity index (χ1v) is 2.79. The third-order valence-corrected chi connectivity index (χ3v) is 1.19. The van der Waals surface area contributed by atoms with Gasteiger partial charge in [0.25, 0.3) is 6.10 Å². The van der Waals surface area contributed by atoms with E-state index >= 15 is 0 Å². The minimum Gasteiger partial charge on any atom is -0.479 e. The fraction of sp³-hybridized carbons (Fsp3) is 0.500. The Bertz CT molecular complexity index is 227. The van der Waals surface area contributed by atoms with Gasteiger partial charge in [-0.05, 0) is 13.6 Å². The predicted octanol–water partition coefficient (Wildman–Crippen LogP) is -0.0762. The molecule has 0 heterocycles. The molecule has 0 fully saturated rings. The van der Waals surface area contributed by atoms with E-state index in [-0.39, 0.29) is 0 Å². The highest BCUT2D eigenvalue weighted by Crippen LogP contribution is 2.23. The van der Waals surface area contributed by atoms with Crippen LogP contribution in [0.15, 0.2) is 0 Å². The van der Waals surface area contributed by atoms with Gasteiger partial charge in [-0.15, -0.1) is 9.88 Å². The Morgan fingerprint density at radius 2 is 1.57 bits per heavy atom. The Kier molecular flexibility index (Phi) is 4.27. The van der Waals surface area contributed by atoms with Crippen molar-refractivity contribution >= 4 is 11.9 Å². The molecule has 0 aromatic heterocycles. The Morgan fingerprint density at radius 3 is 1.64 bits per heavy atom. The maximum Gasteiger partial charge on any atom is 0.378 e. The average molecular weight is 220 g/mol. The molecule has 0 radical (unpaired) electrons. The highest BCUT2D eigenvalue weighted by atomic mass is 19.3. The van der Waals surface area contributed by atoms with Crippen LogP contribution in [-0.4, -0.2) is 34.0 Å². The molecular formula is C4H3F3O7. The topological polar surface area (TPSA) is 102 Å². The van der Waals surface area contributed by atoms with E-state index in [9.17, 15) is 23.2 Å². The van der Waals surface area contributed by atoms with Gasteiger partial charge in [0, 0.05) is 0 Å². The van der Waals surface area contributed by atoms with Crippen LogP contribution in [-0.2, 0) is 24.4 Å². The van der Waals surface area contributed by atoms with Gasteiger partial charge in [-0.25, -0.2) is 9.59 Å². The number of hydrogen-bond acceptors (Lipinski definition) is 5. The van der Waals surface area contributed by atoms with Crippen molar-refractivity contribution in [3.63, 3.8) is 0 Å². The molecular weight excluding hydrogens is 217 g/mol. The molecule has 0 amide bonds. The van der Waals surface area contributed by atoms with Gasteiger partial charge in [0.2, 0.25) is 0 Å². The molecule has 0 rings (SSSR count). The second-order valence-corrected chi connectivity index (χ2v) is 1.93. The van der Waals surface area contributed by atoms with E-state index in [4.69, 9.17) is 10.2 Å².